The van der Waals surface area contributed by atoms with Crippen LogP contribution in [-0.4, -0.2) is 16.4 Å². The molecule has 1 fully saturated rings. The summed E-state index contributed by atoms with van der Waals surface area (Å²) in [5, 5.41) is 2.97. The highest BCUT2D eigenvalue weighted by Gasteiger charge is 2.42. The van der Waals surface area contributed by atoms with E-state index in [0.717, 1.165) is 27.2 Å². The number of hydrogen-bond acceptors (Lipinski definition) is 2. The van der Waals surface area contributed by atoms with Gasteiger partial charge in [-0.25, -0.2) is 4.90 Å². The first-order valence-corrected chi connectivity index (χ1v) is 9.03. The quantitative estimate of drug-likeness (QED) is 0.501. The van der Waals surface area contributed by atoms with Crippen LogP contribution < -0.4 is 4.90 Å². The van der Waals surface area contributed by atoms with E-state index in [1.807, 2.05) is 84.5 Å². The van der Waals surface area contributed by atoms with Crippen LogP contribution in [0, 0.1) is 0 Å². The van der Waals surface area contributed by atoms with Gasteiger partial charge in [0.05, 0.1) is 11.6 Å². The average Bonchev–Trinajstić information content (AvgIpc) is 3.18. The van der Waals surface area contributed by atoms with Crippen molar-refractivity contribution in [2.75, 3.05) is 4.90 Å². The Morgan fingerprint density at radius 2 is 1.56 bits per heavy atom. The van der Waals surface area contributed by atoms with Crippen LogP contribution in [0.1, 0.15) is 17.9 Å². The maximum atomic E-state index is 13.3. The molecule has 4 heteroatoms. The standard InChI is InChI=1S/C23H18N2O2/c1-24-14-19(17-10-4-5-11-20(17)24)18-13-22(26)25(23(18)27)21-12-6-8-15-7-2-3-9-16(15)21/h2-12,14,18H,13H2,1H3/t18-/m0/s1. The molecule has 27 heavy (non-hydrogen) atoms. The van der Waals surface area contributed by atoms with E-state index >= 15 is 0 Å². The second-order valence-electron chi connectivity index (χ2n) is 7.03. The highest BCUT2D eigenvalue weighted by molar-refractivity contribution is 6.26. The number of benzene rings is 3. The molecule has 1 aliphatic heterocycles. The van der Waals surface area contributed by atoms with E-state index in [0.29, 0.717) is 5.69 Å². The molecule has 0 aliphatic carbocycles. The van der Waals surface area contributed by atoms with Gasteiger partial charge in [0.15, 0.2) is 0 Å². The van der Waals surface area contributed by atoms with Crippen LogP contribution in [0.2, 0.25) is 0 Å². The van der Waals surface area contributed by atoms with Gasteiger partial charge in [-0.1, -0.05) is 54.6 Å². The fourth-order valence-electron chi connectivity index (χ4n) is 4.18. The monoisotopic (exact) mass is 354 g/mol. The van der Waals surface area contributed by atoms with Crippen molar-refractivity contribution in [1.29, 1.82) is 0 Å². The Kier molecular flexibility index (Phi) is 3.41. The molecule has 132 valence electrons. The number of rotatable bonds is 2. The van der Waals surface area contributed by atoms with Gasteiger partial charge in [-0.3, -0.25) is 9.59 Å². The van der Waals surface area contributed by atoms with Gasteiger partial charge in [0.25, 0.3) is 0 Å². The Morgan fingerprint density at radius 3 is 2.41 bits per heavy atom. The molecule has 4 nitrogen and oxygen atoms in total. The molecule has 1 aromatic heterocycles. The van der Waals surface area contributed by atoms with Gasteiger partial charge in [0, 0.05) is 36.0 Å². The minimum Gasteiger partial charge on any atom is -0.350 e. The number of carbonyl (C=O) groups is 2. The summed E-state index contributed by atoms with van der Waals surface area (Å²) in [6.45, 7) is 0. The third kappa shape index (κ3) is 2.30. The van der Waals surface area contributed by atoms with Crippen molar-refractivity contribution in [3.63, 3.8) is 0 Å². The third-order valence-corrected chi connectivity index (χ3v) is 5.46. The Bertz CT molecular complexity index is 1220. The van der Waals surface area contributed by atoms with Crippen LogP contribution >= 0.6 is 0 Å². The number of hydrogen-bond donors (Lipinski definition) is 0. The number of carbonyl (C=O) groups excluding carboxylic acids is 2. The van der Waals surface area contributed by atoms with Crippen molar-refractivity contribution < 1.29 is 9.59 Å². The Labute approximate surface area is 156 Å². The molecule has 4 aromatic rings. The number of imide groups is 1. The van der Waals surface area contributed by atoms with Gasteiger partial charge in [-0.15, -0.1) is 0 Å². The van der Waals surface area contributed by atoms with Gasteiger partial charge < -0.3 is 4.57 Å². The molecule has 0 spiro atoms. The number of nitrogens with zero attached hydrogens (tertiary/aromatic N) is 2. The Hall–Kier alpha value is -3.40. The molecule has 2 heterocycles. The molecule has 0 unspecified atom stereocenters. The first-order valence-electron chi connectivity index (χ1n) is 9.03. The van der Waals surface area contributed by atoms with E-state index in [1.54, 1.807) is 0 Å². The SMILES string of the molecule is Cn1cc([C@@H]2CC(=O)N(c3cccc4ccccc34)C2=O)c2ccccc21. The number of aryl methyl sites for hydroxylation is 1. The Balaban J connectivity index is 1.63. The van der Waals surface area contributed by atoms with Gasteiger partial charge in [0.1, 0.15) is 0 Å². The molecule has 2 amide bonds. The first kappa shape index (κ1) is 15.8. The second-order valence-corrected chi connectivity index (χ2v) is 7.03. The summed E-state index contributed by atoms with van der Waals surface area (Å²) < 4.78 is 2.02. The molecule has 1 atom stereocenters. The maximum Gasteiger partial charge on any atom is 0.241 e. The van der Waals surface area contributed by atoms with Crippen LogP contribution in [0.4, 0.5) is 5.69 Å². The van der Waals surface area contributed by atoms with Crippen molar-refractivity contribution in [2.24, 2.45) is 7.05 Å². The van der Waals surface area contributed by atoms with Gasteiger partial charge in [0.2, 0.25) is 11.8 Å². The van der Waals surface area contributed by atoms with Crippen LogP contribution in [-0.2, 0) is 16.6 Å². The number of fused-ring (bicyclic) bond motifs is 2. The lowest BCUT2D eigenvalue weighted by molar-refractivity contribution is -0.121. The number of amides is 2. The van der Waals surface area contributed by atoms with Crippen LogP contribution in [0.15, 0.2) is 72.9 Å². The molecule has 0 radical (unpaired) electrons. The smallest absolute Gasteiger partial charge is 0.241 e. The summed E-state index contributed by atoms with van der Waals surface area (Å²) >= 11 is 0. The zero-order valence-corrected chi connectivity index (χ0v) is 14.9. The summed E-state index contributed by atoms with van der Waals surface area (Å²) in [6.07, 6.45) is 2.18. The van der Waals surface area contributed by atoms with Crippen LogP contribution in [0.3, 0.4) is 0 Å². The minimum atomic E-state index is -0.442. The van der Waals surface area contributed by atoms with Crippen LogP contribution in [0.5, 0.6) is 0 Å². The zero-order chi connectivity index (χ0) is 18.5. The molecular formula is C23H18N2O2. The fourth-order valence-corrected chi connectivity index (χ4v) is 4.18. The zero-order valence-electron chi connectivity index (χ0n) is 14.9. The van der Waals surface area contributed by atoms with Crippen molar-refractivity contribution >= 4 is 39.2 Å². The van der Waals surface area contributed by atoms with E-state index in [4.69, 9.17) is 0 Å². The number of anilines is 1. The molecular weight excluding hydrogens is 336 g/mol. The summed E-state index contributed by atoms with van der Waals surface area (Å²) in [6, 6.07) is 21.6. The predicted octanol–water partition coefficient (Wildman–Crippen LogP) is 4.38. The van der Waals surface area contributed by atoms with E-state index in [9.17, 15) is 9.59 Å². The molecule has 5 rings (SSSR count). The van der Waals surface area contributed by atoms with E-state index < -0.39 is 5.92 Å². The topological polar surface area (TPSA) is 42.3 Å². The van der Waals surface area contributed by atoms with E-state index in [1.165, 1.54) is 4.90 Å². The maximum absolute atomic E-state index is 13.3. The van der Waals surface area contributed by atoms with Gasteiger partial charge in [-0.2, -0.15) is 0 Å². The highest BCUT2D eigenvalue weighted by Crippen LogP contribution is 2.39. The largest absolute Gasteiger partial charge is 0.350 e. The third-order valence-electron chi connectivity index (χ3n) is 5.46. The van der Waals surface area contributed by atoms with E-state index in [-0.39, 0.29) is 18.2 Å². The fraction of sp³-hybridized carbons (Fsp3) is 0.130. The summed E-state index contributed by atoms with van der Waals surface area (Å²) in [4.78, 5) is 27.5. The van der Waals surface area contributed by atoms with Crippen molar-refractivity contribution in [3.05, 3.63) is 78.5 Å². The van der Waals surface area contributed by atoms with E-state index in [2.05, 4.69) is 0 Å². The normalized spacial score (nSPS) is 17.4. The van der Waals surface area contributed by atoms with Crippen molar-refractivity contribution in [1.82, 2.24) is 4.57 Å². The molecule has 0 bridgehead atoms. The number of aromatic nitrogens is 1. The lowest BCUT2D eigenvalue weighted by Crippen LogP contribution is -2.30. The molecule has 1 saturated heterocycles. The van der Waals surface area contributed by atoms with Gasteiger partial charge in [-0.05, 0) is 23.1 Å². The summed E-state index contributed by atoms with van der Waals surface area (Å²) in [7, 11) is 1.97. The summed E-state index contributed by atoms with van der Waals surface area (Å²) in [5.41, 5.74) is 2.66. The van der Waals surface area contributed by atoms with Crippen molar-refractivity contribution in [3.8, 4) is 0 Å². The van der Waals surface area contributed by atoms with Crippen molar-refractivity contribution in [2.45, 2.75) is 12.3 Å². The molecule has 0 N–H and O–H groups in total. The first-order chi connectivity index (χ1) is 13.1. The second kappa shape index (κ2) is 5.81. The molecule has 3 aromatic carbocycles. The lowest BCUT2D eigenvalue weighted by atomic mass is 9.97. The minimum absolute atomic E-state index is 0.144. The Morgan fingerprint density at radius 1 is 0.852 bits per heavy atom. The van der Waals surface area contributed by atoms with Crippen LogP contribution in [0.25, 0.3) is 21.7 Å². The highest BCUT2D eigenvalue weighted by atomic mass is 16.2. The lowest BCUT2D eigenvalue weighted by Gasteiger charge is -2.17. The average molecular weight is 354 g/mol. The van der Waals surface area contributed by atoms with Gasteiger partial charge >= 0.3 is 0 Å². The molecule has 0 saturated carbocycles. The summed E-state index contributed by atoms with van der Waals surface area (Å²) in [5.74, 6) is -0.732. The predicted molar refractivity (Wildman–Crippen MR) is 107 cm³/mol. The number of para-hydroxylation sites is 1. The molecule has 1 aliphatic rings.